The summed E-state index contributed by atoms with van der Waals surface area (Å²) < 4.78 is 15.8. The van der Waals surface area contributed by atoms with Gasteiger partial charge < -0.3 is 19.5 Å². The van der Waals surface area contributed by atoms with Crippen LogP contribution in [0.5, 0.6) is 11.5 Å². The fourth-order valence-electron chi connectivity index (χ4n) is 2.46. The van der Waals surface area contributed by atoms with E-state index in [1.807, 2.05) is 26.8 Å². The smallest absolute Gasteiger partial charge is 0.306 e. The van der Waals surface area contributed by atoms with Crippen LogP contribution in [0.4, 0.5) is 0 Å². The van der Waals surface area contributed by atoms with E-state index in [0.717, 1.165) is 31.0 Å². The van der Waals surface area contributed by atoms with Gasteiger partial charge in [0.05, 0.1) is 0 Å². The van der Waals surface area contributed by atoms with Gasteiger partial charge in [-0.15, -0.1) is 11.6 Å². The Bertz CT molecular complexity index is 597. The average molecular weight is 434 g/mol. The normalized spacial score (nSPS) is 12.4. The highest BCUT2D eigenvalue weighted by Crippen LogP contribution is 2.37. The van der Waals surface area contributed by atoms with Crippen LogP contribution in [0.15, 0.2) is 12.1 Å². The Labute approximate surface area is 179 Å². The molecular weight excluding hydrogens is 401 g/mol. The molecular formula is C21H33Cl2NO4. The molecule has 0 amide bonds. The van der Waals surface area contributed by atoms with Crippen LogP contribution in [0, 0.1) is 0 Å². The lowest BCUT2D eigenvalue weighted by atomic mass is 10.1. The second kappa shape index (κ2) is 13.1. The van der Waals surface area contributed by atoms with Gasteiger partial charge in [-0.2, -0.15) is 0 Å². The van der Waals surface area contributed by atoms with Gasteiger partial charge in [-0.1, -0.05) is 18.5 Å². The first-order valence-electron chi connectivity index (χ1n) is 9.83. The summed E-state index contributed by atoms with van der Waals surface area (Å²) in [5, 5.41) is 3.89. The summed E-state index contributed by atoms with van der Waals surface area (Å²) in [5.41, 5.74) is 0.521. The lowest BCUT2D eigenvalue weighted by Gasteiger charge is -2.19. The number of benzene rings is 1. The molecule has 1 aromatic carbocycles. The summed E-state index contributed by atoms with van der Waals surface area (Å²) in [6.07, 6.45) is 4.06. The van der Waals surface area contributed by atoms with E-state index < -0.39 is 5.60 Å². The summed E-state index contributed by atoms with van der Waals surface area (Å²) in [5.74, 6) is 1.97. The maximum absolute atomic E-state index is 11.6. The highest BCUT2D eigenvalue weighted by atomic mass is 35.5. The number of hydrogen-bond donors (Lipinski definition) is 1. The Kier molecular flexibility index (Phi) is 11.7. The maximum atomic E-state index is 11.6. The second-order valence-electron chi connectivity index (χ2n) is 7.53. The second-order valence-corrected chi connectivity index (χ2v) is 8.31. The highest BCUT2D eigenvalue weighted by molar-refractivity contribution is 6.31. The first-order chi connectivity index (χ1) is 13.3. The third kappa shape index (κ3) is 10.4. The Hall–Kier alpha value is -1.17. The highest BCUT2D eigenvalue weighted by Gasteiger charge is 2.18. The van der Waals surface area contributed by atoms with Crippen LogP contribution in [0.2, 0.25) is 5.02 Å². The third-order valence-corrected chi connectivity index (χ3v) is 4.32. The SMILES string of the molecule is CC(C)(C)OC(=O)CCCc1cc2c(cc1Cl)OCO2.CCCNCCCCl. The third-order valence-electron chi connectivity index (χ3n) is 3.70. The zero-order valence-corrected chi connectivity index (χ0v) is 18.9. The summed E-state index contributed by atoms with van der Waals surface area (Å²) in [6, 6.07) is 3.63. The van der Waals surface area contributed by atoms with Crippen molar-refractivity contribution in [3.05, 3.63) is 22.7 Å². The van der Waals surface area contributed by atoms with E-state index in [9.17, 15) is 4.79 Å². The number of fused-ring (bicyclic) bond motifs is 1. The fraction of sp³-hybridized carbons (Fsp3) is 0.667. The van der Waals surface area contributed by atoms with Crippen molar-refractivity contribution in [3.8, 4) is 11.5 Å². The van der Waals surface area contributed by atoms with Crippen molar-refractivity contribution in [2.24, 2.45) is 0 Å². The number of hydrogen-bond acceptors (Lipinski definition) is 5. The number of nitrogens with one attached hydrogen (secondary N) is 1. The molecule has 7 heteroatoms. The molecule has 0 radical (unpaired) electrons. The molecule has 2 rings (SSSR count). The molecule has 0 saturated carbocycles. The minimum atomic E-state index is -0.437. The molecule has 1 aliphatic heterocycles. The molecule has 0 fully saturated rings. The summed E-state index contributed by atoms with van der Waals surface area (Å²) in [6.45, 7) is 10.2. The number of rotatable bonds is 9. The van der Waals surface area contributed by atoms with Gasteiger partial charge in [-0.25, -0.2) is 0 Å². The number of halogens is 2. The topological polar surface area (TPSA) is 56.8 Å². The van der Waals surface area contributed by atoms with Crippen molar-refractivity contribution >= 4 is 29.2 Å². The molecule has 1 aliphatic rings. The summed E-state index contributed by atoms with van der Waals surface area (Å²) >= 11 is 11.6. The van der Waals surface area contributed by atoms with E-state index in [-0.39, 0.29) is 12.8 Å². The number of ether oxygens (including phenoxy) is 3. The van der Waals surface area contributed by atoms with Crippen LogP contribution >= 0.6 is 23.2 Å². The summed E-state index contributed by atoms with van der Waals surface area (Å²) in [4.78, 5) is 11.6. The van der Waals surface area contributed by atoms with Gasteiger partial charge in [-0.3, -0.25) is 4.79 Å². The van der Waals surface area contributed by atoms with Crippen molar-refractivity contribution in [2.75, 3.05) is 25.8 Å². The lowest BCUT2D eigenvalue weighted by Crippen LogP contribution is -2.23. The zero-order chi connectivity index (χ0) is 21.0. The van der Waals surface area contributed by atoms with Crippen molar-refractivity contribution < 1.29 is 19.0 Å². The van der Waals surface area contributed by atoms with Crippen LogP contribution in [0.25, 0.3) is 0 Å². The molecule has 0 atom stereocenters. The molecule has 5 nitrogen and oxygen atoms in total. The van der Waals surface area contributed by atoms with E-state index in [2.05, 4.69) is 12.2 Å². The van der Waals surface area contributed by atoms with Gasteiger partial charge in [-0.05, 0) is 71.2 Å². The molecule has 0 aliphatic carbocycles. The molecule has 0 unspecified atom stereocenters. The van der Waals surface area contributed by atoms with E-state index in [0.29, 0.717) is 35.8 Å². The monoisotopic (exact) mass is 433 g/mol. The average Bonchev–Trinajstić information content (AvgIpc) is 3.05. The van der Waals surface area contributed by atoms with E-state index in [1.165, 1.54) is 6.42 Å². The van der Waals surface area contributed by atoms with Crippen molar-refractivity contribution in [1.29, 1.82) is 0 Å². The van der Waals surface area contributed by atoms with Crippen molar-refractivity contribution in [2.45, 2.75) is 65.4 Å². The molecule has 28 heavy (non-hydrogen) atoms. The van der Waals surface area contributed by atoms with Crippen molar-refractivity contribution in [1.82, 2.24) is 5.32 Å². The largest absolute Gasteiger partial charge is 0.460 e. The Morgan fingerprint density at radius 3 is 2.46 bits per heavy atom. The van der Waals surface area contributed by atoms with E-state index >= 15 is 0 Å². The van der Waals surface area contributed by atoms with Crippen LogP contribution in [-0.4, -0.2) is 37.3 Å². The number of alkyl halides is 1. The molecule has 1 aromatic rings. The minimum absolute atomic E-state index is 0.186. The van der Waals surface area contributed by atoms with Gasteiger partial charge in [0.1, 0.15) is 5.60 Å². The molecule has 0 bridgehead atoms. The van der Waals surface area contributed by atoms with Crippen LogP contribution in [-0.2, 0) is 16.0 Å². The lowest BCUT2D eigenvalue weighted by molar-refractivity contribution is -0.154. The summed E-state index contributed by atoms with van der Waals surface area (Å²) in [7, 11) is 0. The predicted molar refractivity (Wildman–Crippen MR) is 115 cm³/mol. The molecule has 160 valence electrons. The first kappa shape index (κ1) is 24.9. The number of carbonyl (C=O) groups is 1. The molecule has 0 spiro atoms. The molecule has 1 N–H and O–H groups in total. The Morgan fingerprint density at radius 1 is 1.18 bits per heavy atom. The van der Waals surface area contributed by atoms with E-state index in [4.69, 9.17) is 37.4 Å². The number of esters is 1. The van der Waals surface area contributed by atoms with Crippen LogP contribution in [0.1, 0.15) is 58.9 Å². The molecule has 0 saturated heterocycles. The van der Waals surface area contributed by atoms with Crippen molar-refractivity contribution in [3.63, 3.8) is 0 Å². The van der Waals surface area contributed by atoms with E-state index in [1.54, 1.807) is 6.07 Å². The Balaban J connectivity index is 0.000000416. The number of aryl methyl sites for hydroxylation is 1. The predicted octanol–water partition coefficient (Wildman–Crippen LogP) is 5.35. The zero-order valence-electron chi connectivity index (χ0n) is 17.4. The van der Waals surface area contributed by atoms with Gasteiger partial charge in [0.25, 0.3) is 0 Å². The fourth-order valence-corrected chi connectivity index (χ4v) is 2.84. The number of carbonyl (C=O) groups excluding carboxylic acids is 1. The minimum Gasteiger partial charge on any atom is -0.460 e. The molecule has 1 heterocycles. The van der Waals surface area contributed by atoms with Crippen LogP contribution in [0.3, 0.4) is 0 Å². The van der Waals surface area contributed by atoms with Gasteiger partial charge in [0.15, 0.2) is 11.5 Å². The standard InChI is InChI=1S/C15H19ClO4.C6H14ClN/c1-15(2,3)20-14(17)6-4-5-10-7-12-13(8-11(10)16)19-9-18-12;1-2-5-8-6-3-4-7/h7-8H,4-6,9H2,1-3H3;8H,2-6H2,1H3. The first-order valence-corrected chi connectivity index (χ1v) is 10.7. The van der Waals surface area contributed by atoms with Gasteiger partial charge >= 0.3 is 5.97 Å². The Morgan fingerprint density at radius 2 is 1.86 bits per heavy atom. The van der Waals surface area contributed by atoms with Gasteiger partial charge in [0, 0.05) is 23.4 Å². The van der Waals surface area contributed by atoms with Gasteiger partial charge in [0.2, 0.25) is 6.79 Å². The quantitative estimate of drug-likeness (QED) is 0.323. The van der Waals surface area contributed by atoms with Crippen LogP contribution < -0.4 is 14.8 Å². The maximum Gasteiger partial charge on any atom is 0.306 e. The molecule has 0 aromatic heterocycles.